The third-order valence-electron chi connectivity index (χ3n) is 4.05. The summed E-state index contributed by atoms with van der Waals surface area (Å²) in [5.41, 5.74) is 0.388. The monoisotopic (exact) mass is 332 g/mol. The number of hydrogen-bond acceptors (Lipinski definition) is 6. The Morgan fingerprint density at radius 1 is 1.17 bits per heavy atom. The number of hydrogen-bond donors (Lipinski definition) is 0. The molecule has 0 radical (unpaired) electrons. The number of methoxy groups -OCH3 is 1. The molecule has 1 aromatic carbocycles. The van der Waals surface area contributed by atoms with Crippen LogP contribution in [0, 0.1) is 5.92 Å². The van der Waals surface area contributed by atoms with Crippen molar-refractivity contribution in [2.45, 2.75) is 6.42 Å². The molecule has 8 nitrogen and oxygen atoms in total. The second-order valence-corrected chi connectivity index (χ2v) is 5.59. The van der Waals surface area contributed by atoms with Crippen molar-refractivity contribution in [2.75, 3.05) is 26.8 Å². The van der Waals surface area contributed by atoms with Gasteiger partial charge in [0.2, 0.25) is 5.91 Å². The van der Waals surface area contributed by atoms with Crippen LogP contribution in [0.25, 0.3) is 0 Å². The van der Waals surface area contributed by atoms with Gasteiger partial charge in [-0.25, -0.2) is 4.79 Å². The molecule has 3 amide bonds. The number of amides is 3. The van der Waals surface area contributed by atoms with Crippen molar-refractivity contribution in [3.63, 3.8) is 0 Å². The molecular weight excluding hydrogens is 316 g/mol. The molecule has 0 saturated carbocycles. The highest BCUT2D eigenvalue weighted by atomic mass is 16.7. The van der Waals surface area contributed by atoms with E-state index >= 15 is 0 Å². The van der Waals surface area contributed by atoms with Crippen molar-refractivity contribution in [1.82, 2.24) is 9.96 Å². The Hall–Kier alpha value is -2.74. The molecule has 0 aromatic heterocycles. The number of carbonyl (C=O) groups is 4. The number of ether oxygens (including phenoxy) is 1. The quantitative estimate of drug-likeness (QED) is 0.717. The fourth-order valence-electron chi connectivity index (χ4n) is 2.76. The number of imide groups is 1. The van der Waals surface area contributed by atoms with Crippen molar-refractivity contribution in [3.05, 3.63) is 35.4 Å². The molecule has 1 saturated heterocycles. The second-order valence-electron chi connectivity index (χ2n) is 5.59. The maximum atomic E-state index is 12.2. The van der Waals surface area contributed by atoms with Gasteiger partial charge in [-0.2, -0.15) is 0 Å². The lowest BCUT2D eigenvalue weighted by Crippen LogP contribution is -2.36. The molecular formula is C16H16N2O6. The zero-order valence-electron chi connectivity index (χ0n) is 13.1. The minimum absolute atomic E-state index is 0.00822. The molecule has 1 fully saturated rings. The maximum absolute atomic E-state index is 12.2. The highest BCUT2D eigenvalue weighted by Gasteiger charge is 2.42. The van der Waals surface area contributed by atoms with Gasteiger partial charge in [-0.3, -0.25) is 14.4 Å². The average Bonchev–Trinajstić information content (AvgIpc) is 3.07. The summed E-state index contributed by atoms with van der Waals surface area (Å²) in [7, 11) is 1.52. The molecule has 0 N–H and O–H groups in total. The van der Waals surface area contributed by atoms with Crippen LogP contribution < -0.4 is 0 Å². The van der Waals surface area contributed by atoms with Gasteiger partial charge in [-0.15, -0.1) is 0 Å². The smallest absolute Gasteiger partial charge is 0.338 e. The fraction of sp³-hybridized carbons (Fsp3) is 0.375. The van der Waals surface area contributed by atoms with Crippen molar-refractivity contribution >= 4 is 23.7 Å². The Balaban J connectivity index is 1.65. The van der Waals surface area contributed by atoms with E-state index in [0.717, 1.165) is 0 Å². The molecule has 0 aliphatic carbocycles. The molecule has 2 aliphatic rings. The van der Waals surface area contributed by atoms with Gasteiger partial charge in [0.1, 0.15) is 0 Å². The van der Waals surface area contributed by atoms with Crippen molar-refractivity contribution in [1.29, 1.82) is 0 Å². The van der Waals surface area contributed by atoms with E-state index in [-0.39, 0.29) is 30.0 Å². The van der Waals surface area contributed by atoms with E-state index in [1.165, 1.54) is 24.1 Å². The van der Waals surface area contributed by atoms with Gasteiger partial charge in [0, 0.05) is 26.6 Å². The number of nitrogens with zero attached hydrogens (tertiary/aromatic N) is 2. The van der Waals surface area contributed by atoms with E-state index in [2.05, 4.69) is 0 Å². The molecule has 1 unspecified atom stereocenters. The predicted octanol–water partition coefficient (Wildman–Crippen LogP) is 0.236. The first-order chi connectivity index (χ1) is 11.5. The van der Waals surface area contributed by atoms with E-state index in [4.69, 9.17) is 9.57 Å². The summed E-state index contributed by atoms with van der Waals surface area (Å²) in [5.74, 6) is -3.01. The van der Waals surface area contributed by atoms with Crippen LogP contribution in [0.15, 0.2) is 24.3 Å². The highest BCUT2D eigenvalue weighted by Crippen LogP contribution is 2.25. The van der Waals surface area contributed by atoms with Crippen LogP contribution in [0.2, 0.25) is 0 Å². The standard InChI is InChI=1S/C16H16N2O6/c1-23-7-6-17-9-10(8-13(17)19)16(22)24-18-14(20)11-4-2-3-5-12(11)15(18)21/h2-5,10H,6-9H2,1H3. The van der Waals surface area contributed by atoms with Gasteiger partial charge >= 0.3 is 5.97 Å². The molecule has 1 aromatic rings. The fourth-order valence-corrected chi connectivity index (χ4v) is 2.76. The van der Waals surface area contributed by atoms with Crippen LogP contribution in [0.1, 0.15) is 27.1 Å². The topological polar surface area (TPSA) is 93.2 Å². The Morgan fingerprint density at radius 3 is 2.38 bits per heavy atom. The highest BCUT2D eigenvalue weighted by molar-refractivity contribution is 6.20. The molecule has 0 bridgehead atoms. The predicted molar refractivity (Wildman–Crippen MR) is 79.6 cm³/mol. The number of carbonyl (C=O) groups excluding carboxylic acids is 4. The van der Waals surface area contributed by atoms with Crippen LogP contribution in [0.4, 0.5) is 0 Å². The lowest BCUT2D eigenvalue weighted by molar-refractivity contribution is -0.173. The van der Waals surface area contributed by atoms with E-state index in [1.807, 2.05) is 0 Å². The molecule has 0 spiro atoms. The summed E-state index contributed by atoms with van der Waals surface area (Å²) >= 11 is 0. The lowest BCUT2D eigenvalue weighted by Gasteiger charge is -2.17. The van der Waals surface area contributed by atoms with Crippen LogP contribution >= 0.6 is 0 Å². The third kappa shape index (κ3) is 2.76. The summed E-state index contributed by atoms with van der Waals surface area (Å²) in [5, 5.41) is 0.468. The summed E-state index contributed by atoms with van der Waals surface area (Å²) in [6.45, 7) is 0.933. The summed E-state index contributed by atoms with van der Waals surface area (Å²) in [6.07, 6.45) is -0.00822. The first-order valence-corrected chi connectivity index (χ1v) is 7.49. The zero-order valence-corrected chi connectivity index (χ0v) is 13.1. The van der Waals surface area contributed by atoms with Gasteiger partial charge in [-0.05, 0) is 12.1 Å². The Morgan fingerprint density at radius 2 is 1.79 bits per heavy atom. The van der Waals surface area contributed by atoms with Gasteiger partial charge in [0.25, 0.3) is 11.8 Å². The first kappa shape index (κ1) is 16.1. The van der Waals surface area contributed by atoms with Crippen LogP contribution in [-0.4, -0.2) is 60.5 Å². The molecule has 24 heavy (non-hydrogen) atoms. The maximum Gasteiger partial charge on any atom is 0.338 e. The largest absolute Gasteiger partial charge is 0.383 e. The van der Waals surface area contributed by atoms with Gasteiger partial charge in [-0.1, -0.05) is 17.2 Å². The summed E-state index contributed by atoms with van der Waals surface area (Å²) in [4.78, 5) is 54.9. The van der Waals surface area contributed by atoms with E-state index in [1.54, 1.807) is 12.1 Å². The Labute approximate surface area is 137 Å². The van der Waals surface area contributed by atoms with Crippen molar-refractivity contribution in [2.24, 2.45) is 5.92 Å². The molecule has 2 aliphatic heterocycles. The number of benzene rings is 1. The van der Waals surface area contributed by atoms with Crippen molar-refractivity contribution < 1.29 is 28.8 Å². The first-order valence-electron chi connectivity index (χ1n) is 7.49. The van der Waals surface area contributed by atoms with Gasteiger partial charge in [0.05, 0.1) is 23.7 Å². The van der Waals surface area contributed by atoms with E-state index in [9.17, 15) is 19.2 Å². The van der Waals surface area contributed by atoms with Crippen molar-refractivity contribution in [3.8, 4) is 0 Å². The summed E-state index contributed by atoms with van der Waals surface area (Å²) in [6, 6.07) is 6.24. The Kier molecular flexibility index (Phi) is 4.30. The number of fused-ring (bicyclic) bond motifs is 1. The molecule has 3 rings (SSSR count). The second kappa shape index (κ2) is 6.40. The molecule has 1 atom stereocenters. The van der Waals surface area contributed by atoms with Crippen LogP contribution in [0.5, 0.6) is 0 Å². The summed E-state index contributed by atoms with van der Waals surface area (Å²) < 4.78 is 4.91. The minimum Gasteiger partial charge on any atom is -0.383 e. The molecule has 2 heterocycles. The van der Waals surface area contributed by atoms with Crippen LogP contribution in [-0.2, 0) is 19.2 Å². The number of likely N-dealkylation sites (tertiary alicyclic amines) is 1. The van der Waals surface area contributed by atoms with Crippen LogP contribution in [0.3, 0.4) is 0 Å². The third-order valence-corrected chi connectivity index (χ3v) is 4.05. The number of hydroxylamine groups is 2. The zero-order chi connectivity index (χ0) is 17.3. The van der Waals surface area contributed by atoms with Gasteiger partial charge < -0.3 is 14.5 Å². The Bertz CT molecular complexity index is 681. The minimum atomic E-state index is -0.766. The molecule has 8 heteroatoms. The van der Waals surface area contributed by atoms with E-state index < -0.39 is 23.7 Å². The number of rotatable bonds is 5. The lowest BCUT2D eigenvalue weighted by atomic mass is 10.1. The normalized spacial score (nSPS) is 19.9. The van der Waals surface area contributed by atoms with E-state index in [0.29, 0.717) is 18.2 Å². The average molecular weight is 332 g/mol. The SMILES string of the molecule is COCCN1CC(C(=O)ON2C(=O)c3ccccc3C2=O)CC1=O. The van der Waals surface area contributed by atoms with Gasteiger partial charge in [0.15, 0.2) is 0 Å². The molecule has 126 valence electrons.